The number of benzene rings is 1. The van der Waals surface area contributed by atoms with Crippen molar-refractivity contribution >= 4 is 11.8 Å². The Morgan fingerprint density at radius 1 is 1.33 bits per heavy atom. The highest BCUT2D eigenvalue weighted by molar-refractivity contribution is 7.99. The molecule has 0 radical (unpaired) electrons. The lowest BCUT2D eigenvalue weighted by Crippen LogP contribution is -2.22. The van der Waals surface area contributed by atoms with Crippen LogP contribution in [0.4, 0.5) is 0 Å². The molecule has 4 heteroatoms. The predicted octanol–water partition coefficient (Wildman–Crippen LogP) is 2.47. The van der Waals surface area contributed by atoms with E-state index < -0.39 is 5.79 Å². The van der Waals surface area contributed by atoms with Gasteiger partial charge in [0.1, 0.15) is 0 Å². The van der Waals surface area contributed by atoms with Gasteiger partial charge in [-0.15, -0.1) is 11.8 Å². The molecule has 0 aromatic heterocycles. The molecule has 0 spiro atoms. The number of aliphatic hydroxyl groups excluding tert-OH is 1. The van der Waals surface area contributed by atoms with E-state index in [9.17, 15) is 0 Å². The molecule has 100 valence electrons. The molecule has 1 aliphatic rings. The maximum absolute atomic E-state index is 8.85. The molecular weight excluding hydrogens is 248 g/mol. The van der Waals surface area contributed by atoms with Gasteiger partial charge in [0.25, 0.3) is 0 Å². The lowest BCUT2D eigenvalue weighted by atomic mass is 10.2. The zero-order valence-electron chi connectivity index (χ0n) is 10.9. The Morgan fingerprint density at radius 2 is 2.06 bits per heavy atom. The molecule has 1 atom stereocenters. The second-order valence-corrected chi connectivity index (χ2v) is 5.97. The molecular formula is C14H20O3S. The number of hydrogen-bond donors (Lipinski definition) is 1. The lowest BCUT2D eigenvalue weighted by molar-refractivity contribution is -0.135. The monoisotopic (exact) mass is 268 g/mol. The standard InChI is InChI=1S/C14H20O3S/c1-14(2)16-9-12(17-14)10-18-13-5-3-11(4-6-13)7-8-15/h3-6,12,15H,7-10H2,1-2H3. The van der Waals surface area contributed by atoms with Gasteiger partial charge in [0.2, 0.25) is 0 Å². The summed E-state index contributed by atoms with van der Waals surface area (Å²) in [5.41, 5.74) is 1.17. The lowest BCUT2D eigenvalue weighted by Gasteiger charge is -2.16. The Hall–Kier alpha value is -0.550. The van der Waals surface area contributed by atoms with Crippen LogP contribution in [0.5, 0.6) is 0 Å². The first kappa shape index (κ1) is 13.9. The minimum Gasteiger partial charge on any atom is -0.396 e. The Labute approximate surface area is 112 Å². The van der Waals surface area contributed by atoms with Gasteiger partial charge < -0.3 is 14.6 Å². The largest absolute Gasteiger partial charge is 0.396 e. The third-order valence-corrected chi connectivity index (χ3v) is 3.97. The topological polar surface area (TPSA) is 38.7 Å². The quantitative estimate of drug-likeness (QED) is 0.833. The molecule has 2 rings (SSSR count). The molecule has 1 aromatic carbocycles. The molecule has 3 nitrogen and oxygen atoms in total. The van der Waals surface area contributed by atoms with E-state index in [1.54, 1.807) is 11.8 Å². The molecule has 1 aromatic rings. The predicted molar refractivity (Wildman–Crippen MR) is 72.9 cm³/mol. The zero-order chi connectivity index (χ0) is 13.0. The van der Waals surface area contributed by atoms with E-state index in [1.165, 1.54) is 10.5 Å². The van der Waals surface area contributed by atoms with Gasteiger partial charge in [0.15, 0.2) is 5.79 Å². The normalized spacial score (nSPS) is 22.3. The summed E-state index contributed by atoms with van der Waals surface area (Å²) in [6, 6.07) is 8.32. The van der Waals surface area contributed by atoms with Crippen LogP contribution >= 0.6 is 11.8 Å². The van der Waals surface area contributed by atoms with Gasteiger partial charge in [0.05, 0.1) is 12.7 Å². The van der Waals surface area contributed by atoms with Crippen molar-refractivity contribution in [2.45, 2.75) is 37.1 Å². The Bertz CT molecular complexity index is 375. The fraction of sp³-hybridized carbons (Fsp3) is 0.571. The zero-order valence-corrected chi connectivity index (χ0v) is 11.7. The van der Waals surface area contributed by atoms with Crippen LogP contribution in [0.25, 0.3) is 0 Å². The van der Waals surface area contributed by atoms with Crippen molar-refractivity contribution in [2.75, 3.05) is 19.0 Å². The Balaban J connectivity index is 1.80. The summed E-state index contributed by atoms with van der Waals surface area (Å²) in [5, 5.41) is 8.85. The number of aliphatic hydroxyl groups is 1. The van der Waals surface area contributed by atoms with Crippen LogP contribution in [-0.2, 0) is 15.9 Å². The number of ether oxygens (including phenoxy) is 2. The minimum absolute atomic E-state index is 0.169. The summed E-state index contributed by atoms with van der Waals surface area (Å²) in [7, 11) is 0. The van der Waals surface area contributed by atoms with Crippen molar-refractivity contribution in [1.82, 2.24) is 0 Å². The van der Waals surface area contributed by atoms with E-state index in [1.807, 2.05) is 13.8 Å². The van der Waals surface area contributed by atoms with Crippen LogP contribution < -0.4 is 0 Å². The molecule has 1 N–H and O–H groups in total. The van der Waals surface area contributed by atoms with Crippen molar-refractivity contribution in [3.8, 4) is 0 Å². The van der Waals surface area contributed by atoms with Crippen molar-refractivity contribution in [3.05, 3.63) is 29.8 Å². The fourth-order valence-electron chi connectivity index (χ4n) is 1.92. The van der Waals surface area contributed by atoms with E-state index in [4.69, 9.17) is 14.6 Å². The molecule has 1 unspecified atom stereocenters. The van der Waals surface area contributed by atoms with Gasteiger partial charge in [-0.3, -0.25) is 0 Å². The third kappa shape index (κ3) is 3.99. The Morgan fingerprint density at radius 3 is 2.61 bits per heavy atom. The molecule has 0 amide bonds. The van der Waals surface area contributed by atoms with Crippen LogP contribution in [0.1, 0.15) is 19.4 Å². The van der Waals surface area contributed by atoms with Gasteiger partial charge >= 0.3 is 0 Å². The molecule has 1 heterocycles. The molecule has 0 aliphatic carbocycles. The maximum atomic E-state index is 8.85. The van der Waals surface area contributed by atoms with E-state index in [2.05, 4.69) is 24.3 Å². The average Bonchev–Trinajstić information content (AvgIpc) is 2.69. The van der Waals surface area contributed by atoms with Gasteiger partial charge in [-0.25, -0.2) is 0 Å². The smallest absolute Gasteiger partial charge is 0.163 e. The summed E-state index contributed by atoms with van der Waals surface area (Å²) < 4.78 is 11.3. The van der Waals surface area contributed by atoms with E-state index in [-0.39, 0.29) is 12.7 Å². The highest BCUT2D eigenvalue weighted by atomic mass is 32.2. The van der Waals surface area contributed by atoms with Crippen LogP contribution in [0.15, 0.2) is 29.2 Å². The molecule has 0 saturated carbocycles. The fourth-order valence-corrected chi connectivity index (χ4v) is 2.79. The maximum Gasteiger partial charge on any atom is 0.163 e. The summed E-state index contributed by atoms with van der Waals surface area (Å²) >= 11 is 1.78. The SMILES string of the molecule is CC1(C)OCC(CSc2ccc(CCO)cc2)O1. The first-order chi connectivity index (χ1) is 8.59. The number of hydrogen-bond acceptors (Lipinski definition) is 4. The van der Waals surface area contributed by atoms with E-state index in [0.29, 0.717) is 6.61 Å². The molecule has 1 saturated heterocycles. The number of rotatable bonds is 5. The van der Waals surface area contributed by atoms with Crippen LogP contribution in [-0.4, -0.2) is 36.0 Å². The van der Waals surface area contributed by atoms with Crippen LogP contribution in [0.3, 0.4) is 0 Å². The van der Waals surface area contributed by atoms with Crippen LogP contribution in [0, 0.1) is 0 Å². The highest BCUT2D eigenvalue weighted by Gasteiger charge is 2.32. The summed E-state index contributed by atoms with van der Waals surface area (Å²) in [4.78, 5) is 1.23. The second-order valence-electron chi connectivity index (χ2n) is 4.88. The Kier molecular flexibility index (Phi) is 4.67. The van der Waals surface area contributed by atoms with Crippen LogP contribution in [0.2, 0.25) is 0 Å². The van der Waals surface area contributed by atoms with Crippen molar-refractivity contribution in [2.24, 2.45) is 0 Å². The third-order valence-electron chi connectivity index (χ3n) is 2.83. The molecule has 1 fully saturated rings. The van der Waals surface area contributed by atoms with Crippen molar-refractivity contribution < 1.29 is 14.6 Å². The van der Waals surface area contributed by atoms with Gasteiger partial charge in [-0.2, -0.15) is 0 Å². The van der Waals surface area contributed by atoms with Gasteiger partial charge in [-0.05, 0) is 38.0 Å². The first-order valence-corrected chi connectivity index (χ1v) is 7.22. The number of thioether (sulfide) groups is 1. The summed E-state index contributed by atoms with van der Waals surface area (Å²) in [5.74, 6) is 0.471. The van der Waals surface area contributed by atoms with E-state index >= 15 is 0 Å². The molecule has 18 heavy (non-hydrogen) atoms. The highest BCUT2D eigenvalue weighted by Crippen LogP contribution is 2.27. The average molecular weight is 268 g/mol. The molecule has 1 aliphatic heterocycles. The van der Waals surface area contributed by atoms with Crippen molar-refractivity contribution in [3.63, 3.8) is 0 Å². The minimum atomic E-state index is -0.434. The first-order valence-electron chi connectivity index (χ1n) is 6.23. The molecule has 0 bridgehead atoms. The summed E-state index contributed by atoms with van der Waals surface area (Å²) in [6.45, 7) is 4.76. The van der Waals surface area contributed by atoms with Crippen molar-refractivity contribution in [1.29, 1.82) is 0 Å². The summed E-state index contributed by atoms with van der Waals surface area (Å²) in [6.07, 6.45) is 0.890. The second kappa shape index (κ2) is 6.06. The van der Waals surface area contributed by atoms with E-state index in [0.717, 1.165) is 12.2 Å². The van der Waals surface area contributed by atoms with Gasteiger partial charge in [-0.1, -0.05) is 12.1 Å². The van der Waals surface area contributed by atoms with Gasteiger partial charge in [0, 0.05) is 17.3 Å².